The third-order valence-corrected chi connectivity index (χ3v) is 4.19. The van der Waals surface area contributed by atoms with E-state index in [1.165, 1.54) is 31.3 Å². The maximum Gasteiger partial charge on any atom is 0.0630 e. The van der Waals surface area contributed by atoms with Crippen LogP contribution >= 0.6 is 0 Å². The van der Waals surface area contributed by atoms with Crippen LogP contribution in [0.15, 0.2) is 35.6 Å². The number of allylic oxidation sites excluding steroid dienone is 3. The molecule has 1 saturated carbocycles. The van der Waals surface area contributed by atoms with Crippen molar-refractivity contribution in [3.63, 3.8) is 0 Å². The number of hydrogen-bond donors (Lipinski definition) is 3. The van der Waals surface area contributed by atoms with Gasteiger partial charge in [0.2, 0.25) is 0 Å². The highest BCUT2D eigenvalue weighted by atomic mass is 14.9. The highest BCUT2D eigenvalue weighted by Gasteiger charge is 2.22. The number of nitrogens with one attached hydrogen (secondary N) is 3. The smallest absolute Gasteiger partial charge is 0.0630 e. The summed E-state index contributed by atoms with van der Waals surface area (Å²) in [5.41, 5.74) is 2.89. The van der Waals surface area contributed by atoms with Gasteiger partial charge in [-0.05, 0) is 49.8 Å². The van der Waals surface area contributed by atoms with Gasteiger partial charge >= 0.3 is 0 Å². The highest BCUT2D eigenvalue weighted by Crippen LogP contribution is 2.23. The van der Waals surface area contributed by atoms with Gasteiger partial charge in [0.05, 0.1) is 5.71 Å². The molecule has 0 amide bonds. The third kappa shape index (κ3) is 3.16. The van der Waals surface area contributed by atoms with Crippen LogP contribution in [-0.4, -0.2) is 24.3 Å². The average molecular weight is 257 g/mol. The number of piperidine rings is 1. The predicted octanol–water partition coefficient (Wildman–Crippen LogP) is 2.53. The van der Waals surface area contributed by atoms with E-state index in [-0.39, 0.29) is 0 Å². The Labute approximate surface area is 115 Å². The van der Waals surface area contributed by atoms with Gasteiger partial charge in [0.25, 0.3) is 0 Å². The zero-order chi connectivity index (χ0) is 13.2. The van der Waals surface area contributed by atoms with E-state index in [9.17, 15) is 0 Å². The van der Waals surface area contributed by atoms with Crippen LogP contribution in [-0.2, 0) is 0 Å². The monoisotopic (exact) mass is 257 g/mol. The fourth-order valence-electron chi connectivity index (χ4n) is 2.66. The molecule has 2 aliphatic carbocycles. The molecule has 3 nitrogen and oxygen atoms in total. The molecule has 3 N–H and O–H groups in total. The maximum absolute atomic E-state index is 8.14. The summed E-state index contributed by atoms with van der Waals surface area (Å²) in [6, 6.07) is 1.09. The predicted molar refractivity (Wildman–Crippen MR) is 79.4 cm³/mol. The highest BCUT2D eigenvalue weighted by molar-refractivity contribution is 6.10. The first-order chi connectivity index (χ1) is 9.22. The van der Waals surface area contributed by atoms with Gasteiger partial charge in [0.15, 0.2) is 0 Å². The average Bonchev–Trinajstić information content (AvgIpc) is 3.22. The summed E-state index contributed by atoms with van der Waals surface area (Å²) in [6.45, 7) is 3.38. The molecule has 3 heteroatoms. The van der Waals surface area contributed by atoms with Crippen molar-refractivity contribution in [1.82, 2.24) is 10.6 Å². The SMILES string of the molecule is C[C@H]1CC[C@H](C2=CC(=N)/C(=C\NC3CC3)C=C2)NC1. The van der Waals surface area contributed by atoms with Crippen LogP contribution in [0.5, 0.6) is 0 Å². The quantitative estimate of drug-likeness (QED) is 0.727. The van der Waals surface area contributed by atoms with E-state index in [0.717, 1.165) is 18.0 Å². The van der Waals surface area contributed by atoms with Crippen LogP contribution in [0, 0.1) is 11.3 Å². The van der Waals surface area contributed by atoms with Crippen molar-refractivity contribution in [2.45, 2.75) is 44.7 Å². The molecule has 2 atom stereocenters. The van der Waals surface area contributed by atoms with Crippen molar-refractivity contribution in [3.05, 3.63) is 35.6 Å². The molecule has 102 valence electrons. The van der Waals surface area contributed by atoms with Crippen LogP contribution in [0.3, 0.4) is 0 Å². The van der Waals surface area contributed by atoms with E-state index in [4.69, 9.17) is 5.41 Å². The standard InChI is InChI=1S/C16H23N3/c1-11-2-7-16(19-9-11)12-3-4-13(15(17)8-12)10-18-14-5-6-14/h3-4,8,10-11,14,16-19H,2,5-7,9H2,1H3/b13-10-,17-15?/t11-,16+/m0/s1. The lowest BCUT2D eigenvalue weighted by molar-refractivity contribution is 0.356. The number of rotatable bonds is 3. The first kappa shape index (κ1) is 12.7. The van der Waals surface area contributed by atoms with E-state index < -0.39 is 0 Å². The number of hydrogen-bond acceptors (Lipinski definition) is 3. The molecule has 1 aliphatic heterocycles. The van der Waals surface area contributed by atoms with Crippen LogP contribution in [0.2, 0.25) is 0 Å². The summed E-state index contributed by atoms with van der Waals surface area (Å²) in [5, 5.41) is 15.1. The molecule has 3 aliphatic rings. The van der Waals surface area contributed by atoms with Crippen LogP contribution in [0.1, 0.15) is 32.6 Å². The fourth-order valence-corrected chi connectivity index (χ4v) is 2.66. The summed E-state index contributed by atoms with van der Waals surface area (Å²) in [7, 11) is 0. The van der Waals surface area contributed by atoms with Crippen LogP contribution in [0.4, 0.5) is 0 Å². The van der Waals surface area contributed by atoms with Crippen molar-refractivity contribution < 1.29 is 0 Å². The Balaban J connectivity index is 1.62. The molecule has 0 spiro atoms. The molecule has 0 aromatic heterocycles. The largest absolute Gasteiger partial charge is 0.388 e. The second-order valence-corrected chi connectivity index (χ2v) is 6.08. The topological polar surface area (TPSA) is 47.9 Å². The first-order valence-corrected chi connectivity index (χ1v) is 7.40. The van der Waals surface area contributed by atoms with Gasteiger partial charge in [0, 0.05) is 23.9 Å². The summed E-state index contributed by atoms with van der Waals surface area (Å²) in [5.74, 6) is 0.780. The van der Waals surface area contributed by atoms with Crippen molar-refractivity contribution in [1.29, 1.82) is 5.41 Å². The minimum absolute atomic E-state index is 0.436. The fraction of sp³-hybridized carbons (Fsp3) is 0.562. The molecule has 0 bridgehead atoms. The molecular weight excluding hydrogens is 234 g/mol. The van der Waals surface area contributed by atoms with Gasteiger partial charge in [0.1, 0.15) is 0 Å². The summed E-state index contributed by atoms with van der Waals surface area (Å²) in [4.78, 5) is 0. The van der Waals surface area contributed by atoms with E-state index >= 15 is 0 Å². The molecule has 0 radical (unpaired) electrons. The lowest BCUT2D eigenvalue weighted by Crippen LogP contribution is -2.39. The van der Waals surface area contributed by atoms with Gasteiger partial charge in [-0.3, -0.25) is 0 Å². The van der Waals surface area contributed by atoms with E-state index in [0.29, 0.717) is 17.8 Å². The van der Waals surface area contributed by atoms with Gasteiger partial charge < -0.3 is 16.0 Å². The molecule has 0 aromatic carbocycles. The summed E-state index contributed by atoms with van der Waals surface area (Å²) >= 11 is 0. The summed E-state index contributed by atoms with van der Waals surface area (Å²) < 4.78 is 0. The maximum atomic E-state index is 8.14. The Morgan fingerprint density at radius 3 is 2.74 bits per heavy atom. The van der Waals surface area contributed by atoms with Crippen molar-refractivity contribution in [2.24, 2.45) is 5.92 Å². The van der Waals surface area contributed by atoms with Gasteiger partial charge in [-0.1, -0.05) is 19.1 Å². The Morgan fingerprint density at radius 2 is 2.11 bits per heavy atom. The van der Waals surface area contributed by atoms with E-state index in [1.54, 1.807) is 0 Å². The van der Waals surface area contributed by atoms with Crippen LogP contribution < -0.4 is 10.6 Å². The van der Waals surface area contributed by atoms with Crippen molar-refractivity contribution in [2.75, 3.05) is 6.54 Å². The lowest BCUT2D eigenvalue weighted by atomic mass is 9.88. The van der Waals surface area contributed by atoms with Crippen molar-refractivity contribution in [3.8, 4) is 0 Å². The molecule has 2 fully saturated rings. The minimum atomic E-state index is 0.436. The summed E-state index contributed by atoms with van der Waals surface area (Å²) in [6.07, 6.45) is 13.3. The zero-order valence-electron chi connectivity index (χ0n) is 11.6. The Hall–Kier alpha value is -1.35. The van der Waals surface area contributed by atoms with Crippen LogP contribution in [0.25, 0.3) is 0 Å². The first-order valence-electron chi connectivity index (χ1n) is 7.40. The normalized spacial score (nSPS) is 33.4. The molecule has 19 heavy (non-hydrogen) atoms. The second kappa shape index (κ2) is 5.33. The third-order valence-electron chi connectivity index (χ3n) is 4.19. The van der Waals surface area contributed by atoms with E-state index in [2.05, 4.69) is 29.7 Å². The lowest BCUT2D eigenvalue weighted by Gasteiger charge is -2.29. The zero-order valence-corrected chi connectivity index (χ0v) is 11.6. The molecular formula is C16H23N3. The van der Waals surface area contributed by atoms with Crippen molar-refractivity contribution >= 4 is 5.71 Å². The van der Waals surface area contributed by atoms with Gasteiger partial charge in [-0.25, -0.2) is 0 Å². The molecule has 0 unspecified atom stereocenters. The Kier molecular flexibility index (Phi) is 3.56. The van der Waals surface area contributed by atoms with E-state index in [1.807, 2.05) is 12.3 Å². The molecule has 0 aromatic rings. The van der Waals surface area contributed by atoms with Gasteiger partial charge in [-0.15, -0.1) is 0 Å². The molecule has 1 heterocycles. The Morgan fingerprint density at radius 1 is 1.26 bits per heavy atom. The minimum Gasteiger partial charge on any atom is -0.388 e. The Bertz CT molecular complexity index is 447. The molecule has 3 rings (SSSR count). The van der Waals surface area contributed by atoms with Gasteiger partial charge in [-0.2, -0.15) is 0 Å². The second-order valence-electron chi connectivity index (χ2n) is 6.08. The molecule has 1 saturated heterocycles.